The number of hydrogen-bond donors (Lipinski definition) is 2. The lowest BCUT2D eigenvalue weighted by Crippen LogP contribution is -2.11. The molecule has 0 radical (unpaired) electrons. The maximum atomic E-state index is 13.2. The topological polar surface area (TPSA) is 49.3 Å². The maximum absolute atomic E-state index is 13.2. The van der Waals surface area contributed by atoms with Gasteiger partial charge < -0.3 is 10.4 Å². The molecular weight excluding hydrogens is 301 g/mol. The van der Waals surface area contributed by atoms with Crippen LogP contribution in [-0.4, -0.2) is 17.6 Å². The van der Waals surface area contributed by atoms with Gasteiger partial charge in [0, 0.05) is 0 Å². The molecule has 0 atom stereocenters. The summed E-state index contributed by atoms with van der Waals surface area (Å²) in [5.74, 6) is 4.19. The lowest BCUT2D eigenvalue weighted by atomic mass is 10.1. The van der Waals surface area contributed by atoms with E-state index < -0.39 is 5.82 Å². The van der Waals surface area contributed by atoms with Crippen LogP contribution in [0.2, 0.25) is 4.34 Å². The number of halogens is 2. The highest BCUT2D eigenvalue weighted by Crippen LogP contribution is 2.23. The standard InChI is InChI=1S/C14H9ClFNO2S/c15-13-6-5-12(20-13)14(19)17-11-4-3-10(16)8-9(11)2-1-7-18/h3-6,8,18H,7H2,(H,17,19). The monoisotopic (exact) mass is 309 g/mol. The minimum Gasteiger partial charge on any atom is -0.384 e. The van der Waals surface area contributed by atoms with E-state index >= 15 is 0 Å². The Hall–Kier alpha value is -1.87. The molecule has 0 saturated carbocycles. The summed E-state index contributed by atoms with van der Waals surface area (Å²) in [4.78, 5) is 12.4. The number of aliphatic hydroxyl groups is 1. The van der Waals surface area contributed by atoms with Gasteiger partial charge in [0.05, 0.1) is 20.5 Å². The molecule has 2 rings (SSSR count). The number of thiophene rings is 1. The number of nitrogens with one attached hydrogen (secondary N) is 1. The van der Waals surface area contributed by atoms with E-state index in [1.165, 1.54) is 18.2 Å². The van der Waals surface area contributed by atoms with Gasteiger partial charge in [0.15, 0.2) is 0 Å². The second-order valence-corrected chi connectivity index (χ2v) is 5.42. The average Bonchev–Trinajstić information content (AvgIpc) is 2.85. The van der Waals surface area contributed by atoms with Crippen molar-refractivity contribution in [3.63, 3.8) is 0 Å². The molecule has 1 aromatic heterocycles. The zero-order valence-electron chi connectivity index (χ0n) is 10.1. The highest BCUT2D eigenvalue weighted by molar-refractivity contribution is 7.18. The molecule has 0 spiro atoms. The molecule has 2 aromatic rings. The van der Waals surface area contributed by atoms with Crippen molar-refractivity contribution in [2.24, 2.45) is 0 Å². The van der Waals surface area contributed by atoms with E-state index in [4.69, 9.17) is 16.7 Å². The van der Waals surface area contributed by atoms with Gasteiger partial charge in [-0.15, -0.1) is 11.3 Å². The van der Waals surface area contributed by atoms with Crippen LogP contribution in [0.1, 0.15) is 15.2 Å². The van der Waals surface area contributed by atoms with Gasteiger partial charge in [-0.3, -0.25) is 4.79 Å². The second kappa shape index (κ2) is 6.53. The lowest BCUT2D eigenvalue weighted by molar-refractivity contribution is 0.103. The Balaban J connectivity index is 2.26. The number of carbonyl (C=O) groups excluding carboxylic acids is 1. The zero-order valence-corrected chi connectivity index (χ0v) is 11.7. The number of hydrogen-bond acceptors (Lipinski definition) is 3. The first-order valence-electron chi connectivity index (χ1n) is 5.56. The van der Waals surface area contributed by atoms with E-state index in [1.807, 2.05) is 0 Å². The average molecular weight is 310 g/mol. The zero-order chi connectivity index (χ0) is 14.5. The van der Waals surface area contributed by atoms with E-state index in [2.05, 4.69) is 17.2 Å². The number of anilines is 1. The molecule has 0 aliphatic heterocycles. The Kier molecular flexibility index (Phi) is 4.74. The molecule has 1 aromatic carbocycles. The Morgan fingerprint density at radius 3 is 2.85 bits per heavy atom. The van der Waals surface area contributed by atoms with Crippen LogP contribution in [0.5, 0.6) is 0 Å². The first kappa shape index (κ1) is 14.5. The highest BCUT2D eigenvalue weighted by Gasteiger charge is 2.11. The van der Waals surface area contributed by atoms with Crippen LogP contribution >= 0.6 is 22.9 Å². The molecule has 0 fully saturated rings. The third-order valence-electron chi connectivity index (χ3n) is 2.33. The van der Waals surface area contributed by atoms with Gasteiger partial charge in [0.25, 0.3) is 5.91 Å². The predicted molar refractivity (Wildman–Crippen MR) is 77.6 cm³/mol. The Bertz CT molecular complexity index is 703. The molecule has 2 N–H and O–H groups in total. The fourth-order valence-corrected chi connectivity index (χ4v) is 2.42. The third kappa shape index (κ3) is 3.58. The summed E-state index contributed by atoms with van der Waals surface area (Å²) in [6, 6.07) is 7.06. The maximum Gasteiger partial charge on any atom is 0.265 e. The van der Waals surface area contributed by atoms with Gasteiger partial charge in [-0.2, -0.15) is 0 Å². The van der Waals surface area contributed by atoms with Gasteiger partial charge in [0.2, 0.25) is 0 Å². The molecule has 0 bridgehead atoms. The second-order valence-electron chi connectivity index (χ2n) is 3.71. The number of carbonyl (C=O) groups is 1. The summed E-state index contributed by atoms with van der Waals surface area (Å²) in [7, 11) is 0. The van der Waals surface area contributed by atoms with Gasteiger partial charge in [0.1, 0.15) is 12.4 Å². The molecule has 1 amide bonds. The van der Waals surface area contributed by atoms with Crippen LogP contribution < -0.4 is 5.32 Å². The minimum absolute atomic E-state index is 0.301. The van der Waals surface area contributed by atoms with Gasteiger partial charge in [-0.25, -0.2) is 4.39 Å². The van der Waals surface area contributed by atoms with Gasteiger partial charge >= 0.3 is 0 Å². The van der Waals surface area contributed by atoms with E-state index in [9.17, 15) is 9.18 Å². The van der Waals surface area contributed by atoms with Crippen LogP contribution in [0, 0.1) is 17.7 Å². The lowest BCUT2D eigenvalue weighted by Gasteiger charge is -2.06. The SMILES string of the molecule is O=C(Nc1ccc(F)cc1C#CCO)c1ccc(Cl)s1. The number of benzene rings is 1. The fraction of sp³-hybridized carbons (Fsp3) is 0.0714. The summed E-state index contributed by atoms with van der Waals surface area (Å²) < 4.78 is 13.7. The van der Waals surface area contributed by atoms with Crippen molar-refractivity contribution >= 4 is 34.5 Å². The molecule has 6 heteroatoms. The summed E-state index contributed by atoms with van der Waals surface area (Å²) in [5.41, 5.74) is 0.678. The molecule has 0 unspecified atom stereocenters. The largest absolute Gasteiger partial charge is 0.384 e. The van der Waals surface area contributed by atoms with Crippen LogP contribution in [0.25, 0.3) is 0 Å². The first-order valence-corrected chi connectivity index (χ1v) is 6.75. The van der Waals surface area contributed by atoms with E-state index in [0.717, 1.165) is 11.3 Å². The molecule has 0 aliphatic carbocycles. The molecule has 102 valence electrons. The van der Waals surface area contributed by atoms with Crippen molar-refractivity contribution in [1.82, 2.24) is 0 Å². The van der Waals surface area contributed by atoms with Crippen molar-refractivity contribution in [3.05, 3.63) is 50.9 Å². The molecule has 0 aliphatic rings. The highest BCUT2D eigenvalue weighted by atomic mass is 35.5. The minimum atomic E-state index is -0.468. The van der Waals surface area contributed by atoms with Crippen LogP contribution in [0.4, 0.5) is 10.1 Å². The van der Waals surface area contributed by atoms with Crippen molar-refractivity contribution < 1.29 is 14.3 Å². The molecular formula is C14H9ClFNO2S. The van der Waals surface area contributed by atoms with Gasteiger partial charge in [-0.1, -0.05) is 23.4 Å². The summed E-state index contributed by atoms with van der Waals surface area (Å²) in [6.45, 7) is -0.343. The van der Waals surface area contributed by atoms with E-state index in [-0.39, 0.29) is 12.5 Å². The van der Waals surface area contributed by atoms with Crippen LogP contribution in [-0.2, 0) is 0 Å². The normalized spacial score (nSPS) is 9.75. The summed E-state index contributed by atoms with van der Waals surface area (Å²) >= 11 is 6.91. The van der Waals surface area contributed by atoms with Crippen molar-refractivity contribution in [2.45, 2.75) is 0 Å². The van der Waals surface area contributed by atoms with Gasteiger partial charge in [-0.05, 0) is 30.3 Å². The predicted octanol–water partition coefficient (Wildman–Crippen LogP) is 3.14. The van der Waals surface area contributed by atoms with E-state index in [1.54, 1.807) is 12.1 Å². The fourth-order valence-electron chi connectivity index (χ4n) is 1.48. The number of rotatable bonds is 2. The third-order valence-corrected chi connectivity index (χ3v) is 3.56. The molecule has 1 heterocycles. The van der Waals surface area contributed by atoms with Crippen molar-refractivity contribution in [3.8, 4) is 11.8 Å². The van der Waals surface area contributed by atoms with Crippen LogP contribution in [0.3, 0.4) is 0 Å². The quantitative estimate of drug-likeness (QED) is 0.837. The Labute approximate surface area is 124 Å². The van der Waals surface area contributed by atoms with E-state index in [0.29, 0.717) is 20.5 Å². The summed E-state index contributed by atoms with van der Waals surface area (Å²) in [6.07, 6.45) is 0. The first-order chi connectivity index (χ1) is 9.60. The molecule has 0 saturated heterocycles. The number of amides is 1. The Morgan fingerprint density at radius 1 is 1.40 bits per heavy atom. The smallest absolute Gasteiger partial charge is 0.265 e. The summed E-state index contributed by atoms with van der Waals surface area (Å²) in [5, 5.41) is 11.3. The van der Waals surface area contributed by atoms with Crippen LogP contribution in [0.15, 0.2) is 30.3 Å². The number of aliphatic hydroxyl groups excluding tert-OH is 1. The molecule has 3 nitrogen and oxygen atoms in total. The Morgan fingerprint density at radius 2 is 2.20 bits per heavy atom. The molecule has 20 heavy (non-hydrogen) atoms. The van der Waals surface area contributed by atoms with Crippen molar-refractivity contribution in [2.75, 3.05) is 11.9 Å². The van der Waals surface area contributed by atoms with Crippen molar-refractivity contribution in [1.29, 1.82) is 0 Å².